The Hall–Kier alpha value is -0.690. The zero-order chi connectivity index (χ0) is 12.1. The molecule has 5 heteroatoms. The van der Waals surface area contributed by atoms with Gasteiger partial charge in [-0.1, -0.05) is 0 Å². The van der Waals surface area contributed by atoms with Gasteiger partial charge >= 0.3 is 0 Å². The van der Waals surface area contributed by atoms with Crippen LogP contribution < -0.4 is 5.32 Å². The maximum absolute atomic E-state index is 13.0. The minimum atomic E-state index is -0.301. The number of likely N-dealkylation sites (N-methyl/N-ethyl adjacent to an activating group) is 1. The maximum Gasteiger partial charge on any atom is 0.251 e. The molecule has 1 N–H and O–H groups in total. The summed E-state index contributed by atoms with van der Waals surface area (Å²) in [6.07, 6.45) is 0. The van der Waals surface area contributed by atoms with Crippen LogP contribution in [0.25, 0.3) is 0 Å². The number of benzene rings is 1. The van der Waals surface area contributed by atoms with Crippen LogP contribution in [0.1, 0.15) is 10.4 Å². The molecule has 3 nitrogen and oxygen atoms in total. The smallest absolute Gasteiger partial charge is 0.251 e. The highest BCUT2D eigenvalue weighted by Crippen LogP contribution is 2.12. The molecule has 0 fully saturated rings. The Kier molecular flexibility index (Phi) is 5.14. The Bertz CT molecular complexity index is 382. The van der Waals surface area contributed by atoms with Gasteiger partial charge in [-0.3, -0.25) is 4.79 Å². The molecule has 0 heterocycles. The van der Waals surface area contributed by atoms with E-state index >= 15 is 0 Å². The van der Waals surface area contributed by atoms with Gasteiger partial charge in [0.1, 0.15) is 5.82 Å². The van der Waals surface area contributed by atoms with Crippen LogP contribution in [0.4, 0.5) is 4.39 Å². The van der Waals surface area contributed by atoms with Gasteiger partial charge in [-0.15, -0.1) is 0 Å². The zero-order valence-corrected chi connectivity index (χ0v) is 11.4. The Morgan fingerprint density at radius 1 is 1.50 bits per heavy atom. The van der Waals surface area contributed by atoms with Crippen molar-refractivity contribution in [3.05, 3.63) is 33.1 Å². The second kappa shape index (κ2) is 6.15. The van der Waals surface area contributed by atoms with E-state index in [0.29, 0.717) is 15.7 Å². The van der Waals surface area contributed by atoms with Crippen molar-refractivity contribution in [1.82, 2.24) is 10.2 Å². The van der Waals surface area contributed by atoms with Crippen LogP contribution in [-0.2, 0) is 0 Å². The normalized spacial score (nSPS) is 10.6. The number of carbonyl (C=O) groups is 1. The van der Waals surface area contributed by atoms with Crippen molar-refractivity contribution in [1.29, 1.82) is 0 Å². The third-order valence-electron chi connectivity index (χ3n) is 2.03. The molecule has 16 heavy (non-hydrogen) atoms. The number of nitrogens with zero attached hydrogens (tertiary/aromatic N) is 1. The van der Waals surface area contributed by atoms with Crippen molar-refractivity contribution >= 4 is 28.5 Å². The minimum absolute atomic E-state index is 0.167. The first kappa shape index (κ1) is 13.4. The minimum Gasteiger partial charge on any atom is -0.351 e. The van der Waals surface area contributed by atoms with E-state index in [9.17, 15) is 9.18 Å². The van der Waals surface area contributed by atoms with E-state index in [4.69, 9.17) is 0 Å². The van der Waals surface area contributed by atoms with Gasteiger partial charge in [0.05, 0.1) is 0 Å². The van der Waals surface area contributed by atoms with Crippen LogP contribution in [0.2, 0.25) is 0 Å². The molecule has 0 aliphatic heterocycles. The second-order valence-electron chi connectivity index (χ2n) is 3.69. The van der Waals surface area contributed by atoms with E-state index in [2.05, 4.69) is 5.32 Å². The number of carbonyl (C=O) groups excluding carboxylic acids is 1. The lowest BCUT2D eigenvalue weighted by atomic mass is 10.2. The van der Waals surface area contributed by atoms with Gasteiger partial charge in [-0.2, -0.15) is 0 Å². The summed E-state index contributed by atoms with van der Waals surface area (Å²) in [5, 5.41) is 2.77. The maximum atomic E-state index is 13.0. The quantitative estimate of drug-likeness (QED) is 0.850. The van der Waals surface area contributed by atoms with Crippen molar-refractivity contribution in [3.63, 3.8) is 0 Å². The third-order valence-corrected chi connectivity index (χ3v) is 2.85. The van der Waals surface area contributed by atoms with Gasteiger partial charge in [0.2, 0.25) is 0 Å². The Balaban J connectivity index is 2.56. The summed E-state index contributed by atoms with van der Waals surface area (Å²) >= 11 is 1.87. The molecule has 0 bridgehead atoms. The van der Waals surface area contributed by atoms with Crippen LogP contribution in [0.5, 0.6) is 0 Å². The van der Waals surface area contributed by atoms with Crippen LogP contribution >= 0.6 is 22.6 Å². The second-order valence-corrected chi connectivity index (χ2v) is 4.85. The third kappa shape index (κ3) is 4.05. The summed E-state index contributed by atoms with van der Waals surface area (Å²) in [5.41, 5.74) is 0.490. The average molecular weight is 336 g/mol. The lowest BCUT2D eigenvalue weighted by Gasteiger charge is -2.10. The Morgan fingerprint density at radius 3 is 2.75 bits per heavy atom. The SMILES string of the molecule is CN(C)CCNC(=O)c1ccc(F)c(I)c1. The fraction of sp³-hybridized carbons (Fsp3) is 0.364. The molecule has 0 radical (unpaired) electrons. The molecule has 0 aromatic heterocycles. The first-order valence-corrected chi connectivity index (χ1v) is 5.96. The fourth-order valence-corrected chi connectivity index (χ4v) is 1.65. The molecule has 1 aromatic rings. The molecule has 1 rings (SSSR count). The zero-order valence-electron chi connectivity index (χ0n) is 9.26. The van der Waals surface area contributed by atoms with E-state index in [-0.39, 0.29) is 11.7 Å². The molecule has 0 spiro atoms. The predicted octanol–water partition coefficient (Wildman–Crippen LogP) is 1.72. The Morgan fingerprint density at radius 2 is 2.19 bits per heavy atom. The van der Waals surface area contributed by atoms with Gasteiger partial charge in [-0.25, -0.2) is 4.39 Å². The summed E-state index contributed by atoms with van der Waals surface area (Å²) in [4.78, 5) is 13.6. The van der Waals surface area contributed by atoms with Gasteiger partial charge in [-0.05, 0) is 54.9 Å². The predicted molar refractivity (Wildman–Crippen MR) is 70.0 cm³/mol. The van der Waals surface area contributed by atoms with Crippen LogP contribution in [-0.4, -0.2) is 38.0 Å². The summed E-state index contributed by atoms with van der Waals surface area (Å²) in [6, 6.07) is 4.34. The highest BCUT2D eigenvalue weighted by molar-refractivity contribution is 14.1. The number of amides is 1. The Labute approximate surface area is 108 Å². The summed E-state index contributed by atoms with van der Waals surface area (Å²) in [5.74, 6) is -0.467. The first-order chi connectivity index (χ1) is 7.50. The molecule has 0 saturated carbocycles. The van der Waals surface area contributed by atoms with Gasteiger partial charge < -0.3 is 10.2 Å². The molecule has 0 saturated heterocycles. The van der Waals surface area contributed by atoms with Crippen molar-refractivity contribution in [2.75, 3.05) is 27.2 Å². The highest BCUT2D eigenvalue weighted by Gasteiger charge is 2.07. The van der Waals surface area contributed by atoms with Crippen LogP contribution in [0, 0.1) is 9.39 Å². The van der Waals surface area contributed by atoms with Gasteiger partial charge in [0.25, 0.3) is 5.91 Å². The molecule has 0 aliphatic rings. The highest BCUT2D eigenvalue weighted by atomic mass is 127. The van der Waals surface area contributed by atoms with E-state index in [0.717, 1.165) is 6.54 Å². The van der Waals surface area contributed by atoms with E-state index in [1.807, 2.05) is 41.6 Å². The molecule has 88 valence electrons. The molecule has 0 atom stereocenters. The number of nitrogens with one attached hydrogen (secondary N) is 1. The van der Waals surface area contributed by atoms with Crippen molar-refractivity contribution in [2.45, 2.75) is 0 Å². The molecule has 1 amide bonds. The largest absolute Gasteiger partial charge is 0.351 e. The van der Waals surface area contributed by atoms with E-state index < -0.39 is 0 Å². The molecular formula is C11H14FIN2O. The average Bonchev–Trinajstić information content (AvgIpc) is 2.21. The standard InChI is InChI=1S/C11H14FIN2O/c1-15(2)6-5-14-11(16)8-3-4-9(12)10(13)7-8/h3-4,7H,5-6H2,1-2H3,(H,14,16). The summed E-state index contributed by atoms with van der Waals surface area (Å²) < 4.78 is 13.4. The van der Waals surface area contributed by atoms with Gasteiger partial charge in [0, 0.05) is 22.2 Å². The molecular weight excluding hydrogens is 322 g/mol. The van der Waals surface area contributed by atoms with Crippen molar-refractivity contribution in [2.24, 2.45) is 0 Å². The topological polar surface area (TPSA) is 32.3 Å². The summed E-state index contributed by atoms with van der Waals surface area (Å²) in [7, 11) is 3.87. The number of hydrogen-bond acceptors (Lipinski definition) is 2. The van der Waals surface area contributed by atoms with E-state index in [1.54, 1.807) is 6.07 Å². The molecule has 0 aliphatic carbocycles. The van der Waals surface area contributed by atoms with Crippen LogP contribution in [0.15, 0.2) is 18.2 Å². The fourth-order valence-electron chi connectivity index (χ4n) is 1.13. The lowest BCUT2D eigenvalue weighted by Crippen LogP contribution is -2.31. The first-order valence-electron chi connectivity index (χ1n) is 4.88. The monoisotopic (exact) mass is 336 g/mol. The lowest BCUT2D eigenvalue weighted by molar-refractivity contribution is 0.0951. The number of hydrogen-bond donors (Lipinski definition) is 1. The summed E-state index contributed by atoms with van der Waals surface area (Å²) in [6.45, 7) is 1.36. The van der Waals surface area contributed by atoms with Crippen molar-refractivity contribution in [3.8, 4) is 0 Å². The van der Waals surface area contributed by atoms with Gasteiger partial charge in [0.15, 0.2) is 0 Å². The number of halogens is 2. The van der Waals surface area contributed by atoms with E-state index in [1.165, 1.54) is 12.1 Å². The molecule has 0 unspecified atom stereocenters. The number of rotatable bonds is 4. The van der Waals surface area contributed by atoms with Crippen LogP contribution in [0.3, 0.4) is 0 Å². The van der Waals surface area contributed by atoms with Crippen molar-refractivity contribution < 1.29 is 9.18 Å². The molecule has 1 aromatic carbocycles.